The van der Waals surface area contributed by atoms with Gasteiger partial charge < -0.3 is 9.80 Å². The van der Waals surface area contributed by atoms with E-state index in [2.05, 4.69) is 0 Å². The lowest BCUT2D eigenvalue weighted by atomic mass is 10.0. The zero-order valence-corrected chi connectivity index (χ0v) is 14.9. The summed E-state index contributed by atoms with van der Waals surface area (Å²) in [6, 6.07) is 9.83. The van der Waals surface area contributed by atoms with Gasteiger partial charge in [0.2, 0.25) is 11.8 Å². The molecule has 25 heavy (non-hydrogen) atoms. The normalized spacial score (nSPS) is 18.9. The first-order valence-corrected chi connectivity index (χ1v) is 9.52. The maximum absolute atomic E-state index is 12.4. The van der Waals surface area contributed by atoms with E-state index >= 15 is 0 Å². The van der Waals surface area contributed by atoms with Crippen molar-refractivity contribution in [3.05, 3.63) is 42.0 Å². The maximum Gasteiger partial charge on any atom is 0.246 e. The fraction of sp³-hybridized carbons (Fsp3) is 0.524. The Morgan fingerprint density at radius 3 is 2.28 bits per heavy atom. The largest absolute Gasteiger partial charge is 0.339 e. The van der Waals surface area contributed by atoms with Crippen LogP contribution in [-0.2, 0) is 9.59 Å². The number of piperazine rings is 1. The molecule has 0 radical (unpaired) electrons. The van der Waals surface area contributed by atoms with E-state index < -0.39 is 0 Å². The lowest BCUT2D eigenvalue weighted by Crippen LogP contribution is -2.50. The van der Waals surface area contributed by atoms with Gasteiger partial charge in [-0.25, -0.2) is 0 Å². The first-order valence-electron chi connectivity index (χ1n) is 9.52. The van der Waals surface area contributed by atoms with E-state index in [9.17, 15) is 9.59 Å². The minimum atomic E-state index is 0.0295. The average molecular weight is 340 g/mol. The Hall–Kier alpha value is -2.10. The van der Waals surface area contributed by atoms with Crippen molar-refractivity contribution in [2.45, 2.75) is 38.5 Å². The summed E-state index contributed by atoms with van der Waals surface area (Å²) in [6.45, 7) is 2.59. The number of carbonyl (C=O) groups excluding carboxylic acids is 2. The van der Waals surface area contributed by atoms with Crippen LogP contribution in [0.15, 0.2) is 36.4 Å². The van der Waals surface area contributed by atoms with Crippen molar-refractivity contribution in [2.75, 3.05) is 26.2 Å². The Balaban J connectivity index is 1.40. The Morgan fingerprint density at radius 1 is 0.960 bits per heavy atom. The van der Waals surface area contributed by atoms with Gasteiger partial charge in [0.25, 0.3) is 0 Å². The van der Waals surface area contributed by atoms with Gasteiger partial charge in [0.15, 0.2) is 0 Å². The third-order valence-corrected chi connectivity index (χ3v) is 5.40. The molecule has 0 spiro atoms. The van der Waals surface area contributed by atoms with E-state index in [1.165, 1.54) is 25.7 Å². The molecular formula is C21H28N2O2. The highest BCUT2D eigenvalue weighted by Crippen LogP contribution is 2.28. The molecule has 134 valence electrons. The van der Waals surface area contributed by atoms with Crippen LogP contribution in [0.4, 0.5) is 0 Å². The van der Waals surface area contributed by atoms with Gasteiger partial charge in [-0.3, -0.25) is 9.59 Å². The second-order valence-electron chi connectivity index (χ2n) is 7.14. The lowest BCUT2D eigenvalue weighted by molar-refractivity contribution is -0.137. The van der Waals surface area contributed by atoms with Crippen molar-refractivity contribution in [3.63, 3.8) is 0 Å². The van der Waals surface area contributed by atoms with Crippen molar-refractivity contribution < 1.29 is 9.59 Å². The predicted molar refractivity (Wildman–Crippen MR) is 99.8 cm³/mol. The third kappa shape index (κ3) is 5.18. The number of rotatable bonds is 5. The molecule has 1 aliphatic carbocycles. The van der Waals surface area contributed by atoms with E-state index in [-0.39, 0.29) is 11.8 Å². The van der Waals surface area contributed by atoms with E-state index in [4.69, 9.17) is 0 Å². The van der Waals surface area contributed by atoms with Crippen molar-refractivity contribution in [2.24, 2.45) is 5.92 Å². The van der Waals surface area contributed by atoms with Gasteiger partial charge in [0.05, 0.1) is 0 Å². The number of amides is 2. The summed E-state index contributed by atoms with van der Waals surface area (Å²) < 4.78 is 0. The first-order chi connectivity index (χ1) is 12.2. The molecule has 0 N–H and O–H groups in total. The van der Waals surface area contributed by atoms with E-state index in [0.29, 0.717) is 32.6 Å². The predicted octanol–water partition coefficient (Wildman–Crippen LogP) is 3.34. The van der Waals surface area contributed by atoms with Crippen LogP contribution in [0.1, 0.15) is 44.1 Å². The zero-order valence-electron chi connectivity index (χ0n) is 14.9. The Labute approximate surface area is 150 Å². The van der Waals surface area contributed by atoms with Gasteiger partial charge in [-0.15, -0.1) is 0 Å². The standard InChI is InChI=1S/C21H28N2O2/c24-20(12-10-18-6-2-1-3-7-18)22-14-16-23(17-15-22)21(25)13-11-19-8-4-5-9-19/h1-3,6-7,10,12,19H,4-5,8-9,11,13-17H2/b12-10+. The minimum absolute atomic E-state index is 0.0295. The van der Waals surface area contributed by atoms with Crippen molar-refractivity contribution >= 4 is 17.9 Å². The van der Waals surface area contributed by atoms with E-state index in [1.54, 1.807) is 6.08 Å². The molecule has 0 bridgehead atoms. The van der Waals surface area contributed by atoms with Gasteiger partial charge in [-0.05, 0) is 24.0 Å². The summed E-state index contributed by atoms with van der Waals surface area (Å²) in [5, 5.41) is 0. The van der Waals surface area contributed by atoms with Crippen LogP contribution in [0.25, 0.3) is 6.08 Å². The number of hydrogen-bond donors (Lipinski definition) is 0. The minimum Gasteiger partial charge on any atom is -0.339 e. The highest BCUT2D eigenvalue weighted by atomic mass is 16.2. The van der Waals surface area contributed by atoms with E-state index in [0.717, 1.165) is 17.9 Å². The van der Waals surface area contributed by atoms with E-state index in [1.807, 2.05) is 46.2 Å². The zero-order chi connectivity index (χ0) is 17.5. The van der Waals surface area contributed by atoms with Crippen LogP contribution in [0.2, 0.25) is 0 Å². The molecule has 1 aromatic rings. The molecule has 0 aromatic heterocycles. The smallest absolute Gasteiger partial charge is 0.246 e. The summed E-state index contributed by atoms with van der Waals surface area (Å²) in [5.41, 5.74) is 1.02. The quantitative estimate of drug-likeness (QED) is 0.771. The highest BCUT2D eigenvalue weighted by molar-refractivity contribution is 5.92. The summed E-state index contributed by atoms with van der Waals surface area (Å²) in [6.07, 6.45) is 10.4. The topological polar surface area (TPSA) is 40.6 Å². The Morgan fingerprint density at radius 2 is 1.60 bits per heavy atom. The molecule has 4 nitrogen and oxygen atoms in total. The fourth-order valence-electron chi connectivity index (χ4n) is 3.80. The molecular weight excluding hydrogens is 312 g/mol. The number of nitrogens with zero attached hydrogens (tertiary/aromatic N) is 2. The van der Waals surface area contributed by atoms with Gasteiger partial charge >= 0.3 is 0 Å². The second-order valence-corrected chi connectivity index (χ2v) is 7.14. The molecule has 0 atom stereocenters. The van der Waals surface area contributed by atoms with Gasteiger partial charge in [0, 0.05) is 38.7 Å². The van der Waals surface area contributed by atoms with Crippen molar-refractivity contribution in [1.29, 1.82) is 0 Å². The summed E-state index contributed by atoms with van der Waals surface area (Å²) in [5.74, 6) is 1.05. The van der Waals surface area contributed by atoms with Crippen LogP contribution in [-0.4, -0.2) is 47.8 Å². The molecule has 2 fully saturated rings. The highest BCUT2D eigenvalue weighted by Gasteiger charge is 2.24. The second kappa shape index (κ2) is 8.84. The van der Waals surface area contributed by atoms with Crippen LogP contribution < -0.4 is 0 Å². The van der Waals surface area contributed by atoms with Gasteiger partial charge in [0.1, 0.15) is 0 Å². The van der Waals surface area contributed by atoms with Gasteiger partial charge in [-0.2, -0.15) is 0 Å². The summed E-state index contributed by atoms with van der Waals surface area (Å²) in [4.78, 5) is 28.4. The molecule has 1 aromatic carbocycles. The molecule has 1 saturated carbocycles. The lowest BCUT2D eigenvalue weighted by Gasteiger charge is -2.34. The summed E-state index contributed by atoms with van der Waals surface area (Å²) >= 11 is 0. The molecule has 1 saturated heterocycles. The average Bonchev–Trinajstić information content (AvgIpc) is 3.19. The van der Waals surface area contributed by atoms with Crippen LogP contribution in [0.5, 0.6) is 0 Å². The number of hydrogen-bond acceptors (Lipinski definition) is 2. The monoisotopic (exact) mass is 340 g/mol. The molecule has 0 unspecified atom stereocenters. The first kappa shape index (κ1) is 17.7. The Kier molecular flexibility index (Phi) is 6.26. The van der Waals surface area contributed by atoms with Crippen LogP contribution >= 0.6 is 0 Å². The molecule has 3 rings (SSSR count). The molecule has 1 heterocycles. The fourth-order valence-corrected chi connectivity index (χ4v) is 3.80. The SMILES string of the molecule is O=C(/C=C/c1ccccc1)N1CCN(C(=O)CCC2CCCC2)CC1. The Bertz CT molecular complexity index is 598. The summed E-state index contributed by atoms with van der Waals surface area (Å²) in [7, 11) is 0. The third-order valence-electron chi connectivity index (χ3n) is 5.40. The van der Waals surface area contributed by atoms with Crippen molar-refractivity contribution in [1.82, 2.24) is 9.80 Å². The maximum atomic E-state index is 12.4. The van der Waals surface area contributed by atoms with Crippen LogP contribution in [0, 0.1) is 5.92 Å². The number of carbonyl (C=O) groups is 2. The van der Waals surface area contributed by atoms with Crippen LogP contribution in [0.3, 0.4) is 0 Å². The molecule has 1 aliphatic heterocycles. The van der Waals surface area contributed by atoms with Gasteiger partial charge in [-0.1, -0.05) is 56.0 Å². The molecule has 2 aliphatic rings. The molecule has 4 heteroatoms. The molecule has 2 amide bonds. The number of benzene rings is 1. The van der Waals surface area contributed by atoms with Crippen molar-refractivity contribution in [3.8, 4) is 0 Å².